The number of benzene rings is 2. The molecule has 3 rings (SSSR count). The summed E-state index contributed by atoms with van der Waals surface area (Å²) in [5.74, 6) is -4.30. The van der Waals surface area contributed by atoms with Gasteiger partial charge in [-0.15, -0.1) is 13.2 Å². The van der Waals surface area contributed by atoms with E-state index in [0.29, 0.717) is 0 Å². The van der Waals surface area contributed by atoms with Crippen LogP contribution < -0.4 is 4.74 Å². The van der Waals surface area contributed by atoms with Crippen molar-refractivity contribution < 1.29 is 42.1 Å². The standard InChI is InChI=1S/C24H23F4NO5/c1-12-18(23(5,21(32)33)22(2,3)4)17-15(10-11-16(30)19(17)25)29(12)20(31)13-6-8-14(9-7-13)34-24(26,27)28/h6-11,30H,1-5H3,(H,32,33)/t23-/m1/s1. The lowest BCUT2D eigenvalue weighted by Crippen LogP contribution is -2.45. The Morgan fingerprint density at radius 3 is 2.00 bits per heavy atom. The molecule has 0 bridgehead atoms. The fourth-order valence-corrected chi connectivity index (χ4v) is 4.06. The lowest BCUT2D eigenvalue weighted by Gasteiger charge is -2.39. The Balaban J connectivity index is 2.30. The van der Waals surface area contributed by atoms with Crippen molar-refractivity contribution in [2.24, 2.45) is 5.41 Å². The van der Waals surface area contributed by atoms with E-state index in [1.807, 2.05) is 0 Å². The maximum absolute atomic E-state index is 15.2. The van der Waals surface area contributed by atoms with Crippen LogP contribution in [0.1, 0.15) is 49.3 Å². The minimum atomic E-state index is -4.90. The average molecular weight is 481 g/mol. The number of aliphatic carboxylic acids is 1. The maximum atomic E-state index is 15.2. The van der Waals surface area contributed by atoms with Crippen molar-refractivity contribution in [1.82, 2.24) is 4.57 Å². The predicted octanol–water partition coefficient (Wildman–Crippen LogP) is 5.77. The number of carbonyl (C=O) groups is 2. The quantitative estimate of drug-likeness (QED) is 0.462. The van der Waals surface area contributed by atoms with Crippen LogP contribution in [0.2, 0.25) is 0 Å². The minimum absolute atomic E-state index is 0.0140. The van der Waals surface area contributed by atoms with Crippen molar-refractivity contribution in [3.8, 4) is 11.5 Å². The minimum Gasteiger partial charge on any atom is -0.505 e. The van der Waals surface area contributed by atoms with Gasteiger partial charge in [0, 0.05) is 22.2 Å². The molecule has 6 nitrogen and oxygen atoms in total. The first kappa shape index (κ1) is 25.1. The van der Waals surface area contributed by atoms with Gasteiger partial charge in [0.2, 0.25) is 0 Å². The van der Waals surface area contributed by atoms with Gasteiger partial charge in [0.1, 0.15) is 5.75 Å². The van der Waals surface area contributed by atoms with Crippen LogP contribution in [0.5, 0.6) is 11.5 Å². The van der Waals surface area contributed by atoms with Gasteiger partial charge in [-0.2, -0.15) is 0 Å². The molecule has 10 heteroatoms. The number of alkyl halides is 3. The molecule has 1 aromatic heterocycles. The zero-order valence-corrected chi connectivity index (χ0v) is 19.0. The molecule has 0 aliphatic carbocycles. The number of aromatic hydroxyl groups is 1. The SMILES string of the molecule is Cc1c([C@](C)(C(=O)O)C(C)(C)C)c2c(F)c(O)ccc2n1C(=O)c1ccc(OC(F)(F)F)cc1. The molecule has 0 amide bonds. The summed E-state index contributed by atoms with van der Waals surface area (Å²) >= 11 is 0. The van der Waals surface area contributed by atoms with E-state index < -0.39 is 46.4 Å². The van der Waals surface area contributed by atoms with Crippen molar-refractivity contribution in [2.75, 3.05) is 0 Å². The van der Waals surface area contributed by atoms with Crippen LogP contribution in [0.4, 0.5) is 17.6 Å². The van der Waals surface area contributed by atoms with E-state index in [0.717, 1.165) is 34.9 Å². The van der Waals surface area contributed by atoms with Gasteiger partial charge < -0.3 is 14.9 Å². The average Bonchev–Trinajstić information content (AvgIpc) is 3.00. The molecule has 0 spiro atoms. The van der Waals surface area contributed by atoms with Crippen LogP contribution in [-0.4, -0.2) is 33.0 Å². The number of ether oxygens (including phenoxy) is 1. The number of carbonyl (C=O) groups excluding carboxylic acids is 1. The molecule has 0 aliphatic heterocycles. The second-order valence-electron chi connectivity index (χ2n) is 9.15. The van der Waals surface area contributed by atoms with Gasteiger partial charge in [-0.3, -0.25) is 14.2 Å². The molecule has 0 radical (unpaired) electrons. The van der Waals surface area contributed by atoms with E-state index in [1.54, 1.807) is 20.8 Å². The molecule has 2 aromatic carbocycles. The first-order chi connectivity index (χ1) is 15.5. The van der Waals surface area contributed by atoms with E-state index >= 15 is 4.39 Å². The Morgan fingerprint density at radius 1 is 0.971 bits per heavy atom. The molecule has 182 valence electrons. The summed E-state index contributed by atoms with van der Waals surface area (Å²) in [6, 6.07) is 6.49. The molecule has 3 aromatic rings. The number of rotatable bonds is 4. The first-order valence-corrected chi connectivity index (χ1v) is 10.2. The van der Waals surface area contributed by atoms with Gasteiger partial charge in [-0.05, 0) is 55.7 Å². The van der Waals surface area contributed by atoms with Crippen LogP contribution >= 0.6 is 0 Å². The molecule has 1 heterocycles. The number of halogens is 4. The molecule has 0 fully saturated rings. The third-order valence-corrected chi connectivity index (χ3v) is 6.25. The predicted molar refractivity (Wildman–Crippen MR) is 116 cm³/mol. The number of nitrogens with zero attached hydrogens (tertiary/aromatic N) is 1. The summed E-state index contributed by atoms with van der Waals surface area (Å²) in [4.78, 5) is 25.9. The summed E-state index contributed by atoms with van der Waals surface area (Å²) in [5.41, 5.74) is -2.51. The largest absolute Gasteiger partial charge is 0.573 e. The monoisotopic (exact) mass is 481 g/mol. The summed E-state index contributed by atoms with van der Waals surface area (Å²) < 4.78 is 57.5. The number of carboxylic acid groups (broad SMARTS) is 1. The van der Waals surface area contributed by atoms with Crippen molar-refractivity contribution in [3.05, 3.63) is 59.0 Å². The smallest absolute Gasteiger partial charge is 0.505 e. The highest BCUT2D eigenvalue weighted by molar-refractivity contribution is 6.06. The molecule has 1 atom stereocenters. The summed E-state index contributed by atoms with van der Waals surface area (Å²) in [6.45, 7) is 7.85. The molecule has 0 saturated heterocycles. The number of fused-ring (bicyclic) bond motifs is 1. The highest BCUT2D eigenvalue weighted by Gasteiger charge is 2.50. The van der Waals surface area contributed by atoms with Gasteiger partial charge in [0.25, 0.3) is 5.91 Å². The molecule has 0 aliphatic rings. The Hall–Kier alpha value is -3.56. The van der Waals surface area contributed by atoms with Crippen LogP contribution in [0.15, 0.2) is 36.4 Å². The third kappa shape index (κ3) is 3.97. The molecular weight excluding hydrogens is 458 g/mol. The second-order valence-corrected chi connectivity index (χ2v) is 9.15. The normalized spacial score (nSPS) is 14.1. The zero-order chi connectivity index (χ0) is 25.8. The van der Waals surface area contributed by atoms with Crippen LogP contribution in [-0.2, 0) is 10.2 Å². The number of hydrogen-bond acceptors (Lipinski definition) is 4. The van der Waals surface area contributed by atoms with Gasteiger partial charge in [-0.1, -0.05) is 20.8 Å². The molecule has 34 heavy (non-hydrogen) atoms. The molecule has 2 N–H and O–H groups in total. The Kier molecular flexibility index (Phi) is 5.92. The maximum Gasteiger partial charge on any atom is 0.573 e. The summed E-state index contributed by atoms with van der Waals surface area (Å²) in [5, 5.41) is 20.0. The van der Waals surface area contributed by atoms with E-state index in [1.165, 1.54) is 19.9 Å². The highest BCUT2D eigenvalue weighted by Crippen LogP contribution is 2.48. The number of phenols is 1. The highest BCUT2D eigenvalue weighted by atomic mass is 19.4. The fraction of sp³-hybridized carbons (Fsp3) is 0.333. The summed E-state index contributed by atoms with van der Waals surface area (Å²) in [6.07, 6.45) is -4.90. The Labute approximate surface area is 192 Å². The van der Waals surface area contributed by atoms with Gasteiger partial charge in [0.05, 0.1) is 10.9 Å². The number of carboxylic acids is 1. The van der Waals surface area contributed by atoms with Gasteiger partial charge in [0.15, 0.2) is 11.6 Å². The van der Waals surface area contributed by atoms with Gasteiger partial charge in [-0.25, -0.2) is 4.39 Å². The third-order valence-electron chi connectivity index (χ3n) is 6.25. The Bertz CT molecular complexity index is 1290. The van der Waals surface area contributed by atoms with Crippen LogP contribution in [0.25, 0.3) is 10.9 Å². The lowest BCUT2D eigenvalue weighted by molar-refractivity contribution is -0.274. The van der Waals surface area contributed by atoms with E-state index in [2.05, 4.69) is 4.74 Å². The zero-order valence-electron chi connectivity index (χ0n) is 19.0. The first-order valence-electron chi connectivity index (χ1n) is 10.2. The number of phenolic OH excluding ortho intramolecular Hbond substituents is 1. The van der Waals surface area contributed by atoms with Crippen molar-refractivity contribution in [1.29, 1.82) is 0 Å². The molecule has 0 unspecified atom stereocenters. The molecule has 0 saturated carbocycles. The van der Waals surface area contributed by atoms with Crippen LogP contribution in [0, 0.1) is 18.2 Å². The molecular formula is C24H23F4NO5. The van der Waals surface area contributed by atoms with Gasteiger partial charge >= 0.3 is 12.3 Å². The fourth-order valence-electron chi connectivity index (χ4n) is 4.06. The van der Waals surface area contributed by atoms with Crippen molar-refractivity contribution >= 4 is 22.8 Å². The van der Waals surface area contributed by atoms with E-state index in [9.17, 15) is 33.0 Å². The van der Waals surface area contributed by atoms with Crippen LogP contribution in [0.3, 0.4) is 0 Å². The van der Waals surface area contributed by atoms with Crippen molar-refractivity contribution in [2.45, 2.75) is 46.4 Å². The lowest BCUT2D eigenvalue weighted by atomic mass is 9.63. The van der Waals surface area contributed by atoms with Crippen molar-refractivity contribution in [3.63, 3.8) is 0 Å². The van der Waals surface area contributed by atoms with E-state index in [-0.39, 0.29) is 27.7 Å². The summed E-state index contributed by atoms with van der Waals surface area (Å²) in [7, 11) is 0. The number of aromatic nitrogens is 1. The number of hydrogen-bond donors (Lipinski definition) is 2. The second kappa shape index (κ2) is 8.03. The Morgan fingerprint density at radius 2 is 1.53 bits per heavy atom. The van der Waals surface area contributed by atoms with E-state index in [4.69, 9.17) is 0 Å². The topological polar surface area (TPSA) is 88.8 Å².